The normalized spacial score (nSPS) is 10.8. The Hall–Kier alpha value is -2.10. The second-order valence-electron chi connectivity index (χ2n) is 5.93. The lowest BCUT2D eigenvalue weighted by Gasteiger charge is -2.08. The highest BCUT2D eigenvalue weighted by atomic mass is 19.1. The highest BCUT2D eigenvalue weighted by molar-refractivity contribution is 5.65. The molecule has 24 heavy (non-hydrogen) atoms. The van der Waals surface area contributed by atoms with Crippen LogP contribution in [-0.4, -0.2) is 11.7 Å². The van der Waals surface area contributed by atoms with Gasteiger partial charge in [-0.3, -0.25) is 0 Å². The molecular weight excluding hydrogens is 310 g/mol. The molecule has 0 amide bonds. The smallest absolute Gasteiger partial charge is 0.187 e. The van der Waals surface area contributed by atoms with Gasteiger partial charge in [0.05, 0.1) is 6.61 Å². The molecular formula is C20H24F2O2. The molecule has 0 unspecified atom stereocenters. The lowest BCUT2D eigenvalue weighted by Crippen LogP contribution is -1.97. The van der Waals surface area contributed by atoms with Crippen LogP contribution in [0.25, 0.3) is 11.1 Å². The average Bonchev–Trinajstić information content (AvgIpc) is 2.59. The van der Waals surface area contributed by atoms with E-state index in [9.17, 15) is 8.78 Å². The van der Waals surface area contributed by atoms with E-state index < -0.39 is 17.4 Å². The van der Waals surface area contributed by atoms with E-state index in [1.165, 1.54) is 32.1 Å². The van der Waals surface area contributed by atoms with Crippen molar-refractivity contribution in [3.8, 4) is 22.6 Å². The largest absolute Gasteiger partial charge is 0.503 e. The second kappa shape index (κ2) is 9.26. The van der Waals surface area contributed by atoms with Crippen LogP contribution in [0.4, 0.5) is 8.78 Å². The summed E-state index contributed by atoms with van der Waals surface area (Å²) in [6.07, 6.45) is 7.27. The molecule has 0 aliphatic heterocycles. The number of phenolic OH excluding ortho intramolecular Hbond substituents is 1. The van der Waals surface area contributed by atoms with E-state index >= 15 is 0 Å². The number of rotatable bonds is 9. The predicted molar refractivity (Wildman–Crippen MR) is 92.3 cm³/mol. The van der Waals surface area contributed by atoms with Crippen molar-refractivity contribution in [2.75, 3.05) is 6.61 Å². The molecule has 0 saturated carbocycles. The summed E-state index contributed by atoms with van der Waals surface area (Å²) in [5, 5.41) is 9.14. The molecule has 130 valence electrons. The van der Waals surface area contributed by atoms with Crippen molar-refractivity contribution >= 4 is 0 Å². The Labute approximate surface area is 142 Å². The number of ether oxygens (including phenoxy) is 1. The number of halogens is 2. The van der Waals surface area contributed by atoms with E-state index in [1.807, 2.05) is 0 Å². The molecule has 0 radical (unpaired) electrons. The van der Waals surface area contributed by atoms with Crippen molar-refractivity contribution in [2.24, 2.45) is 0 Å². The maximum atomic E-state index is 13.4. The van der Waals surface area contributed by atoms with Crippen LogP contribution in [0.2, 0.25) is 0 Å². The van der Waals surface area contributed by atoms with Crippen molar-refractivity contribution in [3.63, 3.8) is 0 Å². The maximum Gasteiger partial charge on any atom is 0.187 e. The molecule has 0 bridgehead atoms. The van der Waals surface area contributed by atoms with Gasteiger partial charge in [0.15, 0.2) is 17.4 Å². The Kier molecular flexibility index (Phi) is 7.04. The van der Waals surface area contributed by atoms with Gasteiger partial charge < -0.3 is 9.84 Å². The highest BCUT2D eigenvalue weighted by Crippen LogP contribution is 2.29. The zero-order chi connectivity index (χ0) is 17.4. The Morgan fingerprint density at radius 3 is 2.04 bits per heavy atom. The molecule has 0 saturated heterocycles. The van der Waals surface area contributed by atoms with Gasteiger partial charge in [-0.25, -0.2) is 8.78 Å². The Morgan fingerprint density at radius 2 is 1.42 bits per heavy atom. The van der Waals surface area contributed by atoms with Crippen molar-refractivity contribution in [1.82, 2.24) is 0 Å². The van der Waals surface area contributed by atoms with Gasteiger partial charge in [-0.1, -0.05) is 51.2 Å². The summed E-state index contributed by atoms with van der Waals surface area (Å²) in [7, 11) is 0. The third kappa shape index (κ3) is 5.22. The van der Waals surface area contributed by atoms with Gasteiger partial charge in [0.1, 0.15) is 5.75 Å². The maximum absolute atomic E-state index is 13.4. The highest BCUT2D eigenvalue weighted by Gasteiger charge is 2.10. The zero-order valence-electron chi connectivity index (χ0n) is 14.0. The van der Waals surface area contributed by atoms with Crippen LogP contribution in [0.1, 0.15) is 45.4 Å². The SMILES string of the molecule is CCCCCCCCOc1ccc(-c2cc(F)c(O)c(F)c2)cc1. The number of aromatic hydroxyl groups is 1. The van der Waals surface area contributed by atoms with E-state index in [2.05, 4.69) is 6.92 Å². The molecule has 2 rings (SSSR count). The lowest BCUT2D eigenvalue weighted by molar-refractivity contribution is 0.304. The monoisotopic (exact) mass is 334 g/mol. The van der Waals surface area contributed by atoms with Crippen LogP contribution in [0.5, 0.6) is 11.5 Å². The van der Waals surface area contributed by atoms with Crippen molar-refractivity contribution in [3.05, 3.63) is 48.0 Å². The quantitative estimate of drug-likeness (QED) is 0.563. The standard InChI is InChI=1S/C20H24F2O2/c1-2-3-4-5-6-7-12-24-17-10-8-15(9-11-17)16-13-18(21)20(23)19(22)14-16/h8-11,13-14,23H,2-7,12H2,1H3. The Bertz CT molecular complexity index is 616. The molecule has 0 fully saturated rings. The lowest BCUT2D eigenvalue weighted by atomic mass is 10.0. The number of hydrogen-bond donors (Lipinski definition) is 1. The van der Waals surface area contributed by atoms with Gasteiger partial charge in [-0.05, 0) is 41.8 Å². The molecule has 4 heteroatoms. The second-order valence-corrected chi connectivity index (χ2v) is 5.93. The summed E-state index contributed by atoms with van der Waals surface area (Å²) in [6.45, 7) is 2.88. The molecule has 2 aromatic rings. The third-order valence-electron chi connectivity index (χ3n) is 3.97. The molecule has 0 heterocycles. The number of phenols is 1. The third-order valence-corrected chi connectivity index (χ3v) is 3.97. The van der Waals surface area contributed by atoms with Gasteiger partial charge in [-0.15, -0.1) is 0 Å². The average molecular weight is 334 g/mol. The summed E-state index contributed by atoms with van der Waals surface area (Å²) in [6, 6.07) is 9.31. The number of hydrogen-bond acceptors (Lipinski definition) is 2. The first kappa shape index (κ1) is 18.2. The molecule has 2 aromatic carbocycles. The summed E-state index contributed by atoms with van der Waals surface area (Å²) in [4.78, 5) is 0. The Balaban J connectivity index is 1.85. The minimum absolute atomic E-state index is 0.380. The van der Waals surface area contributed by atoms with E-state index in [0.29, 0.717) is 17.7 Å². The first-order chi connectivity index (χ1) is 11.6. The van der Waals surface area contributed by atoms with E-state index in [4.69, 9.17) is 9.84 Å². The first-order valence-corrected chi connectivity index (χ1v) is 8.53. The fourth-order valence-corrected chi connectivity index (χ4v) is 2.55. The van der Waals surface area contributed by atoms with Crippen LogP contribution in [0, 0.1) is 11.6 Å². The van der Waals surface area contributed by atoms with Crippen LogP contribution in [0.15, 0.2) is 36.4 Å². The summed E-state index contributed by atoms with van der Waals surface area (Å²) < 4.78 is 32.5. The minimum Gasteiger partial charge on any atom is -0.503 e. The van der Waals surface area contributed by atoms with E-state index in [-0.39, 0.29) is 0 Å². The van der Waals surface area contributed by atoms with Crippen LogP contribution in [-0.2, 0) is 0 Å². The molecule has 2 nitrogen and oxygen atoms in total. The first-order valence-electron chi connectivity index (χ1n) is 8.53. The van der Waals surface area contributed by atoms with Crippen molar-refractivity contribution < 1.29 is 18.6 Å². The van der Waals surface area contributed by atoms with Gasteiger partial charge >= 0.3 is 0 Å². The fourth-order valence-electron chi connectivity index (χ4n) is 2.55. The molecule has 0 aromatic heterocycles. The van der Waals surface area contributed by atoms with Crippen LogP contribution >= 0.6 is 0 Å². The van der Waals surface area contributed by atoms with Crippen molar-refractivity contribution in [2.45, 2.75) is 45.4 Å². The van der Waals surface area contributed by atoms with E-state index in [1.54, 1.807) is 24.3 Å². The molecule has 0 spiro atoms. The zero-order valence-corrected chi connectivity index (χ0v) is 14.0. The molecule has 1 N–H and O–H groups in total. The van der Waals surface area contributed by atoms with Gasteiger partial charge in [0.2, 0.25) is 0 Å². The summed E-state index contributed by atoms with van der Waals surface area (Å²) >= 11 is 0. The van der Waals surface area contributed by atoms with Gasteiger partial charge in [-0.2, -0.15) is 0 Å². The minimum atomic E-state index is -0.964. The molecule has 0 aliphatic carbocycles. The summed E-state index contributed by atoms with van der Waals surface area (Å²) in [5.41, 5.74) is 1.05. The number of benzene rings is 2. The fraction of sp³-hybridized carbons (Fsp3) is 0.400. The van der Waals surface area contributed by atoms with Crippen molar-refractivity contribution in [1.29, 1.82) is 0 Å². The van der Waals surface area contributed by atoms with E-state index in [0.717, 1.165) is 24.3 Å². The molecule has 0 aliphatic rings. The predicted octanol–water partition coefficient (Wildman–Crippen LogP) is 6.08. The van der Waals surface area contributed by atoms with Crippen LogP contribution < -0.4 is 4.74 Å². The molecule has 0 atom stereocenters. The summed E-state index contributed by atoms with van der Waals surface area (Å²) in [5.74, 6) is -2.13. The van der Waals surface area contributed by atoms with Crippen LogP contribution in [0.3, 0.4) is 0 Å². The number of unbranched alkanes of at least 4 members (excludes halogenated alkanes) is 5. The van der Waals surface area contributed by atoms with Gasteiger partial charge in [0, 0.05) is 0 Å². The van der Waals surface area contributed by atoms with Gasteiger partial charge in [0.25, 0.3) is 0 Å². The Morgan fingerprint density at radius 1 is 0.833 bits per heavy atom. The topological polar surface area (TPSA) is 29.5 Å².